The number of rotatable bonds is 5. The van der Waals surface area contributed by atoms with Crippen LogP contribution in [0.2, 0.25) is 0 Å². The minimum atomic E-state index is -0.773. The first-order valence-corrected chi connectivity index (χ1v) is 8.99. The molecule has 1 atom stereocenters. The number of fused-ring (bicyclic) bond motifs is 1. The molecule has 1 amide bonds. The van der Waals surface area contributed by atoms with Crippen molar-refractivity contribution < 1.29 is 14.3 Å². The SMILES string of the molecule is COC(=O)[C@H](Cc1ccccc1Br)NC(=O)c1cccc2ccccc12. The van der Waals surface area contributed by atoms with Gasteiger partial charge in [0.15, 0.2) is 0 Å². The topological polar surface area (TPSA) is 55.4 Å². The van der Waals surface area contributed by atoms with Gasteiger partial charge in [0.05, 0.1) is 7.11 Å². The quantitative estimate of drug-likeness (QED) is 0.642. The number of nitrogens with one attached hydrogen (secondary N) is 1. The predicted octanol–water partition coefficient (Wildman–Crippen LogP) is 4.12. The molecular formula is C21H18BrNO3. The van der Waals surface area contributed by atoms with Gasteiger partial charge in [-0.3, -0.25) is 4.79 Å². The molecule has 0 saturated heterocycles. The first-order chi connectivity index (χ1) is 12.6. The fourth-order valence-corrected chi connectivity index (χ4v) is 3.33. The third-order valence-electron chi connectivity index (χ3n) is 4.21. The molecule has 0 aliphatic rings. The molecule has 132 valence electrons. The maximum atomic E-state index is 12.8. The van der Waals surface area contributed by atoms with E-state index in [1.807, 2.05) is 60.7 Å². The maximum absolute atomic E-state index is 12.8. The molecule has 0 bridgehead atoms. The van der Waals surface area contributed by atoms with E-state index < -0.39 is 12.0 Å². The standard InChI is InChI=1S/C21H18BrNO3/c1-26-21(25)19(13-15-8-3-5-12-18(15)22)23-20(24)17-11-6-9-14-7-2-4-10-16(14)17/h2-12,19H,13H2,1H3,(H,23,24)/t19-/m0/s1. The van der Waals surface area contributed by atoms with Crippen molar-refractivity contribution in [2.75, 3.05) is 7.11 Å². The van der Waals surface area contributed by atoms with E-state index in [1.165, 1.54) is 7.11 Å². The Labute approximate surface area is 160 Å². The van der Waals surface area contributed by atoms with Gasteiger partial charge in [-0.2, -0.15) is 0 Å². The number of hydrogen-bond acceptors (Lipinski definition) is 3. The Balaban J connectivity index is 1.88. The van der Waals surface area contributed by atoms with Crippen LogP contribution in [0.5, 0.6) is 0 Å². The Morgan fingerprint density at radius 2 is 1.69 bits per heavy atom. The van der Waals surface area contributed by atoms with Crippen LogP contribution in [-0.4, -0.2) is 25.0 Å². The Morgan fingerprint density at radius 3 is 2.46 bits per heavy atom. The van der Waals surface area contributed by atoms with Crippen LogP contribution >= 0.6 is 15.9 Å². The van der Waals surface area contributed by atoms with Gasteiger partial charge in [-0.25, -0.2) is 4.79 Å². The Bertz CT molecular complexity index is 949. The molecule has 0 spiro atoms. The normalized spacial score (nSPS) is 11.8. The first-order valence-electron chi connectivity index (χ1n) is 8.20. The highest BCUT2D eigenvalue weighted by Gasteiger charge is 2.24. The van der Waals surface area contributed by atoms with E-state index in [9.17, 15) is 9.59 Å². The van der Waals surface area contributed by atoms with Crippen molar-refractivity contribution in [1.82, 2.24) is 5.32 Å². The third kappa shape index (κ3) is 3.94. The summed E-state index contributed by atoms with van der Waals surface area (Å²) in [6, 6.07) is 20.0. The zero-order valence-corrected chi connectivity index (χ0v) is 15.8. The number of halogens is 1. The summed E-state index contributed by atoms with van der Waals surface area (Å²) >= 11 is 3.47. The fourth-order valence-electron chi connectivity index (χ4n) is 2.88. The zero-order chi connectivity index (χ0) is 18.5. The van der Waals surface area contributed by atoms with Crippen LogP contribution in [0.4, 0.5) is 0 Å². The van der Waals surface area contributed by atoms with E-state index in [4.69, 9.17) is 4.74 Å². The molecular weight excluding hydrogens is 394 g/mol. The van der Waals surface area contributed by atoms with Gasteiger partial charge >= 0.3 is 5.97 Å². The molecule has 3 aromatic carbocycles. The van der Waals surface area contributed by atoms with Crippen molar-refractivity contribution in [3.63, 3.8) is 0 Å². The minimum Gasteiger partial charge on any atom is -0.467 e. The van der Waals surface area contributed by atoms with Gasteiger partial charge in [-0.05, 0) is 28.5 Å². The second-order valence-corrected chi connectivity index (χ2v) is 6.73. The van der Waals surface area contributed by atoms with Crippen molar-refractivity contribution in [3.05, 3.63) is 82.3 Å². The fraction of sp³-hybridized carbons (Fsp3) is 0.143. The van der Waals surface area contributed by atoms with Gasteiger partial charge in [0.25, 0.3) is 5.91 Å². The number of carbonyl (C=O) groups excluding carboxylic acids is 2. The Morgan fingerprint density at radius 1 is 1.00 bits per heavy atom. The smallest absolute Gasteiger partial charge is 0.328 e. The lowest BCUT2D eigenvalue weighted by Crippen LogP contribution is -2.43. The molecule has 0 heterocycles. The lowest BCUT2D eigenvalue weighted by Gasteiger charge is -2.18. The van der Waals surface area contributed by atoms with Gasteiger partial charge in [-0.15, -0.1) is 0 Å². The van der Waals surface area contributed by atoms with E-state index in [1.54, 1.807) is 6.07 Å². The zero-order valence-electron chi connectivity index (χ0n) is 14.2. The average Bonchev–Trinajstić information content (AvgIpc) is 2.67. The molecule has 1 N–H and O–H groups in total. The molecule has 0 radical (unpaired) electrons. The molecule has 0 aliphatic carbocycles. The molecule has 0 aliphatic heterocycles. The van der Waals surface area contributed by atoms with Crippen LogP contribution in [0.15, 0.2) is 71.2 Å². The van der Waals surface area contributed by atoms with Crippen molar-refractivity contribution in [3.8, 4) is 0 Å². The van der Waals surface area contributed by atoms with Crippen LogP contribution in [-0.2, 0) is 16.0 Å². The molecule has 5 heteroatoms. The van der Waals surface area contributed by atoms with Gasteiger partial charge in [0.2, 0.25) is 0 Å². The number of ether oxygens (including phenoxy) is 1. The number of methoxy groups -OCH3 is 1. The monoisotopic (exact) mass is 411 g/mol. The number of esters is 1. The summed E-state index contributed by atoms with van der Waals surface area (Å²) in [5, 5.41) is 4.63. The molecule has 0 fully saturated rings. The number of hydrogen-bond donors (Lipinski definition) is 1. The van der Waals surface area contributed by atoms with Crippen LogP contribution in [0.25, 0.3) is 10.8 Å². The van der Waals surface area contributed by atoms with Crippen molar-refractivity contribution in [1.29, 1.82) is 0 Å². The van der Waals surface area contributed by atoms with Crippen LogP contribution < -0.4 is 5.32 Å². The highest BCUT2D eigenvalue weighted by atomic mass is 79.9. The van der Waals surface area contributed by atoms with E-state index >= 15 is 0 Å². The van der Waals surface area contributed by atoms with Gasteiger partial charge < -0.3 is 10.1 Å². The van der Waals surface area contributed by atoms with Gasteiger partial charge in [0.1, 0.15) is 6.04 Å². The van der Waals surface area contributed by atoms with Crippen molar-refractivity contribution in [2.24, 2.45) is 0 Å². The molecule has 3 aromatic rings. The third-order valence-corrected chi connectivity index (χ3v) is 4.98. The number of benzene rings is 3. The molecule has 0 unspecified atom stereocenters. The average molecular weight is 412 g/mol. The summed E-state index contributed by atoms with van der Waals surface area (Å²) in [5.74, 6) is -0.779. The van der Waals surface area contributed by atoms with E-state index in [2.05, 4.69) is 21.2 Å². The van der Waals surface area contributed by atoms with Crippen LogP contribution in [0.1, 0.15) is 15.9 Å². The lowest BCUT2D eigenvalue weighted by atomic mass is 10.0. The lowest BCUT2D eigenvalue weighted by molar-refractivity contribution is -0.142. The van der Waals surface area contributed by atoms with Crippen molar-refractivity contribution >= 4 is 38.6 Å². The van der Waals surface area contributed by atoms with Gasteiger partial charge in [-0.1, -0.05) is 70.5 Å². The Hall–Kier alpha value is -2.66. The summed E-state index contributed by atoms with van der Waals surface area (Å²) in [6.07, 6.45) is 0.338. The molecule has 3 rings (SSSR count). The molecule has 26 heavy (non-hydrogen) atoms. The minimum absolute atomic E-state index is 0.302. The summed E-state index contributed by atoms with van der Waals surface area (Å²) in [6.45, 7) is 0. The summed E-state index contributed by atoms with van der Waals surface area (Å²) in [7, 11) is 1.32. The number of amides is 1. The summed E-state index contributed by atoms with van der Waals surface area (Å²) in [4.78, 5) is 25.0. The molecule has 0 aromatic heterocycles. The second kappa shape index (κ2) is 8.15. The summed E-state index contributed by atoms with van der Waals surface area (Å²) < 4.78 is 5.76. The van der Waals surface area contributed by atoms with Crippen molar-refractivity contribution in [2.45, 2.75) is 12.5 Å². The maximum Gasteiger partial charge on any atom is 0.328 e. The number of carbonyl (C=O) groups is 2. The van der Waals surface area contributed by atoms with Gasteiger partial charge in [0, 0.05) is 16.5 Å². The Kier molecular flexibility index (Phi) is 5.68. The predicted molar refractivity (Wildman–Crippen MR) is 105 cm³/mol. The highest BCUT2D eigenvalue weighted by Crippen LogP contribution is 2.20. The largest absolute Gasteiger partial charge is 0.467 e. The second-order valence-electron chi connectivity index (χ2n) is 5.87. The van der Waals surface area contributed by atoms with E-state index in [0.29, 0.717) is 12.0 Å². The molecule has 0 saturated carbocycles. The van der Waals surface area contributed by atoms with Crippen LogP contribution in [0.3, 0.4) is 0 Å². The van der Waals surface area contributed by atoms with E-state index in [-0.39, 0.29) is 5.91 Å². The van der Waals surface area contributed by atoms with Crippen LogP contribution in [0, 0.1) is 0 Å². The van der Waals surface area contributed by atoms with E-state index in [0.717, 1.165) is 20.8 Å². The molecule has 4 nitrogen and oxygen atoms in total. The summed E-state index contributed by atoms with van der Waals surface area (Å²) in [5.41, 5.74) is 1.45. The highest BCUT2D eigenvalue weighted by molar-refractivity contribution is 9.10. The first kappa shape index (κ1) is 18.1.